The molecule has 4 heterocycles. The second-order valence-electron chi connectivity index (χ2n) is 6.98. The Bertz CT molecular complexity index is 552. The minimum atomic E-state index is -3.29. The number of carbonyl (C=O) groups is 1. The molecule has 5 atom stereocenters. The van der Waals surface area contributed by atoms with Crippen LogP contribution in [0, 0.1) is 11.8 Å². The Morgan fingerprint density at radius 1 is 1.09 bits per heavy atom. The Morgan fingerprint density at radius 3 is 2.23 bits per heavy atom. The van der Waals surface area contributed by atoms with E-state index in [1.54, 1.807) is 0 Å². The van der Waals surface area contributed by atoms with E-state index in [4.69, 9.17) is 0 Å². The SMILES string of the molecule is CS(=O)(=O)N1CCC[C@H]1C(=O)N1[C@@H]2CC[C@H]1[C@H]1CNC[C@H]12.Cl. The smallest absolute Gasteiger partial charge is 0.241 e. The van der Waals surface area contributed by atoms with Crippen LogP contribution in [-0.2, 0) is 14.8 Å². The van der Waals surface area contributed by atoms with Gasteiger partial charge in [0.25, 0.3) is 0 Å². The largest absolute Gasteiger partial charge is 0.335 e. The highest BCUT2D eigenvalue weighted by Crippen LogP contribution is 2.48. The molecule has 4 saturated heterocycles. The quantitative estimate of drug-likeness (QED) is 0.764. The maximum Gasteiger partial charge on any atom is 0.241 e. The molecule has 0 saturated carbocycles. The summed E-state index contributed by atoms with van der Waals surface area (Å²) in [4.78, 5) is 15.1. The van der Waals surface area contributed by atoms with Gasteiger partial charge in [-0.15, -0.1) is 12.4 Å². The first-order chi connectivity index (χ1) is 9.98. The first kappa shape index (κ1) is 16.5. The number of carbonyl (C=O) groups excluding carboxylic acids is 1. The van der Waals surface area contributed by atoms with Gasteiger partial charge in [0.2, 0.25) is 15.9 Å². The van der Waals surface area contributed by atoms with Gasteiger partial charge >= 0.3 is 0 Å². The summed E-state index contributed by atoms with van der Waals surface area (Å²) in [5.74, 6) is 1.24. The maximum atomic E-state index is 13.0. The Hall–Kier alpha value is -0.370. The van der Waals surface area contributed by atoms with Crippen molar-refractivity contribution in [3.05, 3.63) is 0 Å². The summed E-state index contributed by atoms with van der Waals surface area (Å²) in [6.45, 7) is 2.51. The lowest BCUT2D eigenvalue weighted by Gasteiger charge is -2.30. The van der Waals surface area contributed by atoms with Gasteiger partial charge < -0.3 is 10.2 Å². The van der Waals surface area contributed by atoms with E-state index in [1.807, 2.05) is 0 Å². The molecule has 4 fully saturated rings. The summed E-state index contributed by atoms with van der Waals surface area (Å²) < 4.78 is 25.2. The molecule has 0 aliphatic carbocycles. The lowest BCUT2D eigenvalue weighted by atomic mass is 9.82. The zero-order valence-electron chi connectivity index (χ0n) is 12.8. The van der Waals surface area contributed by atoms with Gasteiger partial charge in [0.15, 0.2) is 0 Å². The van der Waals surface area contributed by atoms with Crippen LogP contribution in [0.4, 0.5) is 0 Å². The third-order valence-corrected chi connectivity index (χ3v) is 7.23. The van der Waals surface area contributed by atoms with Gasteiger partial charge in [-0.1, -0.05) is 0 Å². The summed E-state index contributed by atoms with van der Waals surface area (Å²) in [5, 5.41) is 3.44. The van der Waals surface area contributed by atoms with Crippen LogP contribution >= 0.6 is 12.4 Å². The van der Waals surface area contributed by atoms with Crippen LogP contribution in [-0.4, -0.2) is 67.5 Å². The second kappa shape index (κ2) is 5.61. The van der Waals surface area contributed by atoms with Crippen LogP contribution in [0.2, 0.25) is 0 Å². The van der Waals surface area contributed by atoms with Crippen LogP contribution in [0.3, 0.4) is 0 Å². The zero-order valence-corrected chi connectivity index (χ0v) is 14.4. The number of hydrogen-bond acceptors (Lipinski definition) is 4. The Morgan fingerprint density at radius 2 is 1.68 bits per heavy atom. The fraction of sp³-hybridized carbons (Fsp3) is 0.929. The fourth-order valence-corrected chi connectivity index (χ4v) is 6.27. The van der Waals surface area contributed by atoms with Crippen molar-refractivity contribution < 1.29 is 13.2 Å². The number of nitrogens with one attached hydrogen (secondary N) is 1. The standard InChI is InChI=1S/C14H23N3O3S.ClH/c1-21(19,20)16-6-2-3-13(16)14(18)17-11-4-5-12(17)10-8-15-7-9(10)11;/h9-13,15H,2-8H2,1H3;1H/t9-,10+,11-,12+,13-;/m0./s1. The topological polar surface area (TPSA) is 69.7 Å². The van der Waals surface area contributed by atoms with Crippen molar-refractivity contribution in [1.82, 2.24) is 14.5 Å². The Labute approximate surface area is 138 Å². The van der Waals surface area contributed by atoms with Gasteiger partial charge in [-0.3, -0.25) is 4.79 Å². The average Bonchev–Trinajstić information content (AvgIpc) is 3.17. The van der Waals surface area contributed by atoms with Crippen molar-refractivity contribution >= 4 is 28.3 Å². The molecule has 0 unspecified atom stereocenters. The molecular weight excluding hydrogens is 326 g/mol. The molecule has 0 radical (unpaired) electrons. The molecule has 4 aliphatic rings. The van der Waals surface area contributed by atoms with E-state index in [-0.39, 0.29) is 18.3 Å². The van der Waals surface area contributed by atoms with Crippen molar-refractivity contribution in [3.8, 4) is 0 Å². The van der Waals surface area contributed by atoms with Gasteiger partial charge in [-0.05, 0) is 37.5 Å². The minimum Gasteiger partial charge on any atom is -0.335 e. The summed E-state index contributed by atoms with van der Waals surface area (Å²) in [5.41, 5.74) is 0. The molecule has 22 heavy (non-hydrogen) atoms. The van der Waals surface area contributed by atoms with Gasteiger partial charge in [-0.25, -0.2) is 8.42 Å². The Balaban J connectivity index is 0.00000144. The first-order valence-electron chi connectivity index (χ1n) is 7.98. The summed E-state index contributed by atoms with van der Waals surface area (Å²) in [6.07, 6.45) is 4.86. The van der Waals surface area contributed by atoms with Gasteiger partial charge in [0, 0.05) is 31.7 Å². The highest BCUT2D eigenvalue weighted by Gasteiger charge is 2.57. The van der Waals surface area contributed by atoms with Crippen molar-refractivity contribution in [2.45, 2.75) is 43.8 Å². The third kappa shape index (κ3) is 2.28. The number of sulfonamides is 1. The second-order valence-corrected chi connectivity index (χ2v) is 8.91. The van der Waals surface area contributed by atoms with Crippen LogP contribution in [0.1, 0.15) is 25.7 Å². The number of hydrogen-bond donors (Lipinski definition) is 1. The number of amides is 1. The monoisotopic (exact) mass is 349 g/mol. The van der Waals surface area contributed by atoms with E-state index in [9.17, 15) is 13.2 Å². The van der Waals surface area contributed by atoms with Gasteiger partial charge in [0.05, 0.1) is 6.26 Å². The lowest BCUT2D eigenvalue weighted by molar-refractivity contribution is -0.136. The number of rotatable bonds is 2. The highest BCUT2D eigenvalue weighted by molar-refractivity contribution is 7.88. The molecule has 1 N–H and O–H groups in total. The van der Waals surface area contributed by atoms with E-state index in [2.05, 4.69) is 10.2 Å². The summed E-state index contributed by atoms with van der Waals surface area (Å²) in [7, 11) is -3.29. The molecule has 2 bridgehead atoms. The third-order valence-electron chi connectivity index (χ3n) is 5.94. The van der Waals surface area contributed by atoms with E-state index in [0.29, 0.717) is 36.9 Å². The molecule has 0 aromatic heterocycles. The van der Waals surface area contributed by atoms with Crippen LogP contribution < -0.4 is 5.32 Å². The van der Waals surface area contributed by atoms with E-state index in [1.165, 1.54) is 10.6 Å². The van der Waals surface area contributed by atoms with E-state index in [0.717, 1.165) is 32.4 Å². The Kier molecular flexibility index (Phi) is 4.21. The number of nitrogens with zero attached hydrogens (tertiary/aromatic N) is 2. The molecular formula is C14H24ClN3O3S. The molecule has 4 aliphatic heterocycles. The normalized spacial score (nSPS) is 40.8. The summed E-state index contributed by atoms with van der Waals surface area (Å²) in [6, 6.07) is 0.226. The van der Waals surface area contributed by atoms with Crippen LogP contribution in [0.5, 0.6) is 0 Å². The number of halogens is 1. The fourth-order valence-electron chi connectivity index (χ4n) is 5.15. The van der Waals surface area contributed by atoms with Gasteiger partial charge in [0.1, 0.15) is 6.04 Å². The average molecular weight is 350 g/mol. The zero-order chi connectivity index (χ0) is 14.8. The predicted molar refractivity (Wildman–Crippen MR) is 85.3 cm³/mol. The van der Waals surface area contributed by atoms with Crippen LogP contribution in [0.15, 0.2) is 0 Å². The minimum absolute atomic E-state index is 0. The number of fused-ring (bicyclic) bond motifs is 5. The van der Waals surface area contributed by atoms with Crippen molar-refractivity contribution in [2.24, 2.45) is 11.8 Å². The van der Waals surface area contributed by atoms with Crippen molar-refractivity contribution in [1.29, 1.82) is 0 Å². The van der Waals surface area contributed by atoms with E-state index >= 15 is 0 Å². The molecule has 4 rings (SSSR count). The molecule has 0 aromatic rings. The lowest BCUT2D eigenvalue weighted by Crippen LogP contribution is -2.50. The molecule has 1 amide bonds. The maximum absolute atomic E-state index is 13.0. The molecule has 0 aromatic carbocycles. The molecule has 6 nitrogen and oxygen atoms in total. The van der Waals surface area contributed by atoms with E-state index < -0.39 is 16.1 Å². The van der Waals surface area contributed by atoms with Crippen molar-refractivity contribution in [3.63, 3.8) is 0 Å². The molecule has 8 heteroatoms. The predicted octanol–water partition coefficient (Wildman–Crippen LogP) is 0.0410. The first-order valence-corrected chi connectivity index (χ1v) is 9.83. The molecule has 126 valence electrons. The van der Waals surface area contributed by atoms with Crippen molar-refractivity contribution in [2.75, 3.05) is 25.9 Å². The summed E-state index contributed by atoms with van der Waals surface area (Å²) >= 11 is 0. The highest BCUT2D eigenvalue weighted by atomic mass is 35.5. The van der Waals surface area contributed by atoms with Gasteiger partial charge in [-0.2, -0.15) is 4.31 Å². The molecule has 0 spiro atoms. The van der Waals surface area contributed by atoms with Crippen LogP contribution in [0.25, 0.3) is 0 Å².